The Hall–Kier alpha value is -1.32. The Morgan fingerprint density at radius 2 is 2.22 bits per heavy atom. The van der Waals surface area contributed by atoms with E-state index in [0.29, 0.717) is 19.4 Å². The fourth-order valence-corrected chi connectivity index (χ4v) is 1.90. The van der Waals surface area contributed by atoms with Crippen molar-refractivity contribution >= 4 is 11.9 Å². The molecule has 0 unspecified atom stereocenters. The number of hydrogen-bond acceptors (Lipinski definition) is 3. The van der Waals surface area contributed by atoms with Gasteiger partial charge in [-0.3, -0.25) is 4.79 Å². The topological polar surface area (TPSA) is 55.4 Å². The molecule has 0 aliphatic carbocycles. The molecule has 1 heterocycles. The van der Waals surface area contributed by atoms with Crippen molar-refractivity contribution in [2.45, 2.75) is 57.9 Å². The van der Waals surface area contributed by atoms with Crippen LogP contribution in [0, 0.1) is 0 Å². The van der Waals surface area contributed by atoms with Gasteiger partial charge in [-0.15, -0.1) is 0 Å². The van der Waals surface area contributed by atoms with E-state index in [0.717, 1.165) is 6.42 Å². The molecule has 1 atom stereocenters. The maximum absolute atomic E-state index is 11.5. The highest BCUT2D eigenvalue weighted by atomic mass is 16.5. The van der Waals surface area contributed by atoms with Gasteiger partial charge in [-0.25, -0.2) is 4.79 Å². The molecule has 18 heavy (non-hydrogen) atoms. The fourth-order valence-electron chi connectivity index (χ4n) is 1.90. The van der Waals surface area contributed by atoms with Crippen molar-refractivity contribution < 1.29 is 14.3 Å². The lowest BCUT2D eigenvalue weighted by molar-refractivity contribution is -0.145. The van der Waals surface area contributed by atoms with Crippen LogP contribution < -0.4 is 5.32 Å². The van der Waals surface area contributed by atoms with Gasteiger partial charge in [0.1, 0.15) is 12.6 Å². The first-order chi connectivity index (χ1) is 8.74. The van der Waals surface area contributed by atoms with Crippen molar-refractivity contribution in [1.29, 1.82) is 0 Å². The molecule has 0 aromatic rings. The Kier molecular flexibility index (Phi) is 7.14. The van der Waals surface area contributed by atoms with Gasteiger partial charge in [0.2, 0.25) is 5.91 Å². The first-order valence-electron chi connectivity index (χ1n) is 6.85. The van der Waals surface area contributed by atoms with E-state index in [9.17, 15) is 9.59 Å². The molecule has 1 aliphatic heterocycles. The molecular formula is C14H23NO3. The molecule has 102 valence electrons. The lowest BCUT2D eigenvalue weighted by atomic mass is 10.1. The van der Waals surface area contributed by atoms with Crippen LogP contribution in [-0.4, -0.2) is 24.5 Å². The third-order valence-corrected chi connectivity index (χ3v) is 2.99. The third-order valence-electron chi connectivity index (χ3n) is 2.99. The molecule has 1 saturated heterocycles. The number of carbonyl (C=O) groups is 2. The van der Waals surface area contributed by atoms with Crippen LogP contribution in [0.5, 0.6) is 0 Å². The van der Waals surface area contributed by atoms with Crippen LogP contribution in [0.15, 0.2) is 12.2 Å². The molecule has 0 spiro atoms. The first kappa shape index (κ1) is 14.7. The summed E-state index contributed by atoms with van der Waals surface area (Å²) in [5, 5.41) is 2.59. The van der Waals surface area contributed by atoms with Gasteiger partial charge < -0.3 is 10.1 Å². The summed E-state index contributed by atoms with van der Waals surface area (Å²) in [5.41, 5.74) is 0. The summed E-state index contributed by atoms with van der Waals surface area (Å²) in [6.07, 6.45) is 10.9. The van der Waals surface area contributed by atoms with Gasteiger partial charge >= 0.3 is 5.97 Å². The van der Waals surface area contributed by atoms with Gasteiger partial charge in [-0.2, -0.15) is 0 Å². The van der Waals surface area contributed by atoms with Crippen molar-refractivity contribution in [3.8, 4) is 0 Å². The second kappa shape index (κ2) is 8.72. The molecule has 1 fully saturated rings. The van der Waals surface area contributed by atoms with E-state index in [1.165, 1.54) is 25.7 Å². The number of hydrogen-bond donors (Lipinski definition) is 1. The van der Waals surface area contributed by atoms with Crippen LogP contribution in [0.4, 0.5) is 0 Å². The summed E-state index contributed by atoms with van der Waals surface area (Å²) in [4.78, 5) is 22.4. The fraction of sp³-hybridized carbons (Fsp3) is 0.714. The van der Waals surface area contributed by atoms with Crippen LogP contribution in [-0.2, 0) is 14.3 Å². The van der Waals surface area contributed by atoms with Gasteiger partial charge in [0.05, 0.1) is 0 Å². The lowest BCUT2D eigenvalue weighted by Gasteiger charge is -2.08. The number of rotatable bonds is 8. The zero-order valence-corrected chi connectivity index (χ0v) is 11.1. The van der Waals surface area contributed by atoms with Crippen LogP contribution in [0.25, 0.3) is 0 Å². The minimum atomic E-state index is -0.435. The standard InChI is InChI=1S/C14H23NO3/c1-2-3-4-5-6-7-8-11-18-14(17)12-9-10-13(16)15-12/h7-8,12H,2-6,9-11H2,1H3,(H,15,16)/b8-7+/t12-/m0/s1. The first-order valence-corrected chi connectivity index (χ1v) is 6.85. The van der Waals surface area contributed by atoms with Gasteiger partial charge in [-0.1, -0.05) is 38.3 Å². The Balaban J connectivity index is 2.01. The normalized spacial score (nSPS) is 19.2. The Morgan fingerprint density at radius 3 is 2.89 bits per heavy atom. The SMILES string of the molecule is CCCCCC/C=C/COC(=O)[C@@H]1CCC(=O)N1. The van der Waals surface area contributed by atoms with Crippen molar-refractivity contribution in [3.63, 3.8) is 0 Å². The molecule has 0 bridgehead atoms. The van der Waals surface area contributed by atoms with Gasteiger partial charge in [0, 0.05) is 6.42 Å². The monoisotopic (exact) mass is 253 g/mol. The maximum atomic E-state index is 11.5. The van der Waals surface area contributed by atoms with Crippen LogP contribution in [0.2, 0.25) is 0 Å². The van der Waals surface area contributed by atoms with E-state index >= 15 is 0 Å². The average Bonchev–Trinajstić information content (AvgIpc) is 2.79. The predicted octanol–water partition coefficient (Wildman–Crippen LogP) is 2.33. The van der Waals surface area contributed by atoms with Crippen molar-refractivity contribution in [2.75, 3.05) is 6.61 Å². The molecule has 1 rings (SSSR count). The number of esters is 1. The van der Waals surface area contributed by atoms with Crippen molar-refractivity contribution in [2.24, 2.45) is 0 Å². The third kappa shape index (κ3) is 5.84. The number of ether oxygens (including phenoxy) is 1. The number of unbranched alkanes of at least 4 members (excludes halogenated alkanes) is 4. The van der Waals surface area contributed by atoms with Gasteiger partial charge in [0.25, 0.3) is 0 Å². The molecule has 0 saturated carbocycles. The Morgan fingerprint density at radius 1 is 1.39 bits per heavy atom. The molecule has 0 aromatic carbocycles. The average molecular weight is 253 g/mol. The summed E-state index contributed by atoms with van der Waals surface area (Å²) >= 11 is 0. The largest absolute Gasteiger partial charge is 0.460 e. The highest BCUT2D eigenvalue weighted by Gasteiger charge is 2.27. The zero-order valence-electron chi connectivity index (χ0n) is 11.1. The summed E-state index contributed by atoms with van der Waals surface area (Å²) in [6, 6.07) is -0.435. The highest BCUT2D eigenvalue weighted by molar-refractivity contribution is 5.88. The summed E-state index contributed by atoms with van der Waals surface area (Å²) in [7, 11) is 0. The smallest absolute Gasteiger partial charge is 0.328 e. The van der Waals surface area contributed by atoms with E-state index in [-0.39, 0.29) is 11.9 Å². The molecule has 1 N–H and O–H groups in total. The Bertz CT molecular complexity index is 299. The quantitative estimate of drug-likeness (QED) is 0.410. The van der Waals surface area contributed by atoms with E-state index in [1.54, 1.807) is 0 Å². The van der Waals surface area contributed by atoms with Crippen LogP contribution >= 0.6 is 0 Å². The number of amides is 1. The number of carbonyl (C=O) groups excluding carboxylic acids is 2. The summed E-state index contributed by atoms with van der Waals surface area (Å²) in [5.74, 6) is -0.389. The molecular weight excluding hydrogens is 230 g/mol. The lowest BCUT2D eigenvalue weighted by Crippen LogP contribution is -2.34. The molecule has 1 amide bonds. The number of nitrogens with one attached hydrogen (secondary N) is 1. The minimum absolute atomic E-state index is 0.0663. The summed E-state index contributed by atoms with van der Waals surface area (Å²) in [6.45, 7) is 2.50. The molecule has 0 radical (unpaired) electrons. The second-order valence-corrected chi connectivity index (χ2v) is 4.61. The highest BCUT2D eigenvalue weighted by Crippen LogP contribution is 2.08. The van der Waals surface area contributed by atoms with Crippen LogP contribution in [0.3, 0.4) is 0 Å². The second-order valence-electron chi connectivity index (χ2n) is 4.61. The maximum Gasteiger partial charge on any atom is 0.328 e. The number of allylic oxidation sites excluding steroid dienone is 1. The van der Waals surface area contributed by atoms with Gasteiger partial charge in [0.15, 0.2) is 0 Å². The molecule has 4 nitrogen and oxygen atoms in total. The van der Waals surface area contributed by atoms with Crippen LogP contribution in [0.1, 0.15) is 51.9 Å². The molecule has 1 aliphatic rings. The van der Waals surface area contributed by atoms with Crippen molar-refractivity contribution in [3.05, 3.63) is 12.2 Å². The van der Waals surface area contributed by atoms with E-state index < -0.39 is 6.04 Å². The van der Waals surface area contributed by atoms with E-state index in [1.807, 2.05) is 6.08 Å². The van der Waals surface area contributed by atoms with Gasteiger partial charge in [-0.05, 0) is 19.3 Å². The molecule has 0 aromatic heterocycles. The summed E-state index contributed by atoms with van der Waals surface area (Å²) < 4.78 is 5.06. The van der Waals surface area contributed by atoms with Crippen molar-refractivity contribution in [1.82, 2.24) is 5.32 Å². The minimum Gasteiger partial charge on any atom is -0.460 e. The predicted molar refractivity (Wildman–Crippen MR) is 70.0 cm³/mol. The zero-order chi connectivity index (χ0) is 13.2. The van der Waals surface area contributed by atoms with E-state index in [2.05, 4.69) is 18.3 Å². The van der Waals surface area contributed by atoms with E-state index in [4.69, 9.17) is 4.74 Å². The Labute approximate surface area is 109 Å². The molecule has 4 heteroatoms.